The van der Waals surface area contributed by atoms with Crippen molar-refractivity contribution in [2.75, 3.05) is 23.7 Å². The average molecular weight is 439 g/mol. The molecule has 0 unspecified atom stereocenters. The number of sulfonamides is 1. The highest BCUT2D eigenvalue weighted by atomic mass is 35.5. The topological polar surface area (TPSA) is 75.7 Å². The molecule has 1 atom stereocenters. The molecule has 158 valence electrons. The van der Waals surface area contributed by atoms with Gasteiger partial charge in [-0.25, -0.2) is 8.42 Å². The Hall–Kier alpha value is -2.25. The molecule has 0 aromatic heterocycles. The molecule has 0 aliphatic carbocycles. The largest absolute Gasteiger partial charge is 0.492 e. The Morgan fingerprint density at radius 1 is 1.17 bits per heavy atom. The third kappa shape index (κ3) is 6.37. The lowest BCUT2D eigenvalue weighted by Gasteiger charge is -2.30. The quantitative estimate of drug-likeness (QED) is 0.606. The van der Waals surface area contributed by atoms with E-state index >= 15 is 0 Å². The first-order chi connectivity index (χ1) is 13.6. The molecule has 2 aromatic rings. The Morgan fingerprint density at radius 2 is 1.83 bits per heavy atom. The molecular formula is C21H27ClN2O4S. The van der Waals surface area contributed by atoms with E-state index in [9.17, 15) is 13.2 Å². The first-order valence-corrected chi connectivity index (χ1v) is 11.6. The summed E-state index contributed by atoms with van der Waals surface area (Å²) in [5.74, 6) is 0.239. The minimum atomic E-state index is -3.64. The molecule has 6 nitrogen and oxygen atoms in total. The van der Waals surface area contributed by atoms with Crippen molar-refractivity contribution in [2.24, 2.45) is 0 Å². The SMILES string of the molecule is CC[C@@H](C(=O)NCCOc1ccc(C)c(Cl)c1)N(c1ccc(C)cc1)S(C)(=O)=O. The molecule has 0 heterocycles. The van der Waals surface area contributed by atoms with Crippen LogP contribution in [0.1, 0.15) is 24.5 Å². The molecule has 1 amide bonds. The average Bonchev–Trinajstić information content (AvgIpc) is 2.66. The summed E-state index contributed by atoms with van der Waals surface area (Å²) in [7, 11) is -3.64. The van der Waals surface area contributed by atoms with Crippen LogP contribution in [-0.2, 0) is 14.8 Å². The molecule has 0 spiro atoms. The van der Waals surface area contributed by atoms with Gasteiger partial charge in [0.25, 0.3) is 0 Å². The fraction of sp³-hybridized carbons (Fsp3) is 0.381. The van der Waals surface area contributed by atoms with Crippen LogP contribution in [0.3, 0.4) is 0 Å². The second-order valence-electron chi connectivity index (χ2n) is 6.87. The van der Waals surface area contributed by atoms with E-state index in [1.807, 2.05) is 32.0 Å². The van der Waals surface area contributed by atoms with Gasteiger partial charge < -0.3 is 10.1 Å². The number of hydrogen-bond donors (Lipinski definition) is 1. The number of nitrogens with zero attached hydrogens (tertiary/aromatic N) is 1. The second kappa shape index (κ2) is 9.98. The van der Waals surface area contributed by atoms with Crippen LogP contribution in [0.15, 0.2) is 42.5 Å². The van der Waals surface area contributed by atoms with Crippen LogP contribution in [0.2, 0.25) is 5.02 Å². The van der Waals surface area contributed by atoms with Crippen molar-refractivity contribution < 1.29 is 17.9 Å². The number of aryl methyl sites for hydroxylation is 2. The van der Waals surface area contributed by atoms with Crippen molar-refractivity contribution in [2.45, 2.75) is 33.2 Å². The molecular weight excluding hydrogens is 412 g/mol. The Morgan fingerprint density at radius 3 is 2.38 bits per heavy atom. The molecule has 8 heteroatoms. The number of halogens is 1. The summed E-state index contributed by atoms with van der Waals surface area (Å²) in [6.45, 7) is 6.08. The lowest BCUT2D eigenvalue weighted by Crippen LogP contribution is -2.50. The Labute approximate surface area is 177 Å². The van der Waals surface area contributed by atoms with Crippen LogP contribution in [0, 0.1) is 13.8 Å². The summed E-state index contributed by atoms with van der Waals surface area (Å²) < 4.78 is 31.6. The van der Waals surface area contributed by atoms with E-state index in [1.165, 1.54) is 4.31 Å². The van der Waals surface area contributed by atoms with Gasteiger partial charge in [0.2, 0.25) is 15.9 Å². The third-order valence-electron chi connectivity index (χ3n) is 4.43. The first-order valence-electron chi connectivity index (χ1n) is 9.36. The van der Waals surface area contributed by atoms with Gasteiger partial charge in [-0.15, -0.1) is 0 Å². The number of anilines is 1. The number of hydrogen-bond acceptors (Lipinski definition) is 4. The number of ether oxygens (including phenoxy) is 1. The fourth-order valence-corrected chi connectivity index (χ4v) is 4.26. The number of rotatable bonds is 9. The summed E-state index contributed by atoms with van der Waals surface area (Å²) in [6, 6.07) is 11.6. The minimum absolute atomic E-state index is 0.241. The number of carbonyl (C=O) groups excluding carboxylic acids is 1. The van der Waals surface area contributed by atoms with Gasteiger partial charge in [-0.1, -0.05) is 42.3 Å². The number of amides is 1. The van der Waals surface area contributed by atoms with E-state index < -0.39 is 16.1 Å². The molecule has 2 aromatic carbocycles. The predicted molar refractivity (Wildman–Crippen MR) is 117 cm³/mol. The van der Waals surface area contributed by atoms with Crippen LogP contribution in [0.5, 0.6) is 5.75 Å². The highest BCUT2D eigenvalue weighted by Gasteiger charge is 2.31. The minimum Gasteiger partial charge on any atom is -0.492 e. The summed E-state index contributed by atoms with van der Waals surface area (Å²) in [6.07, 6.45) is 1.44. The normalized spacial score (nSPS) is 12.3. The molecule has 0 fully saturated rings. The zero-order valence-electron chi connectivity index (χ0n) is 17.1. The van der Waals surface area contributed by atoms with Gasteiger partial charge in [-0.2, -0.15) is 0 Å². The van der Waals surface area contributed by atoms with Gasteiger partial charge in [-0.3, -0.25) is 9.10 Å². The van der Waals surface area contributed by atoms with E-state index in [2.05, 4.69) is 5.32 Å². The Balaban J connectivity index is 2.03. The van der Waals surface area contributed by atoms with Crippen molar-refractivity contribution in [1.29, 1.82) is 0 Å². The summed E-state index contributed by atoms with van der Waals surface area (Å²) in [5.41, 5.74) is 2.42. The fourth-order valence-electron chi connectivity index (χ4n) is 2.88. The third-order valence-corrected chi connectivity index (χ3v) is 6.02. The highest BCUT2D eigenvalue weighted by Crippen LogP contribution is 2.23. The van der Waals surface area contributed by atoms with Crippen LogP contribution < -0.4 is 14.4 Å². The maximum atomic E-state index is 12.7. The number of carbonyl (C=O) groups is 1. The predicted octanol–water partition coefficient (Wildman–Crippen LogP) is 3.70. The molecule has 0 aliphatic rings. The van der Waals surface area contributed by atoms with Crippen LogP contribution in [0.25, 0.3) is 0 Å². The van der Waals surface area contributed by atoms with Crippen molar-refractivity contribution in [3.8, 4) is 5.75 Å². The molecule has 1 N–H and O–H groups in total. The first kappa shape index (κ1) is 23.0. The maximum Gasteiger partial charge on any atom is 0.244 e. The zero-order chi connectivity index (χ0) is 21.6. The van der Waals surface area contributed by atoms with Gasteiger partial charge in [0.1, 0.15) is 18.4 Å². The van der Waals surface area contributed by atoms with Crippen molar-refractivity contribution in [3.63, 3.8) is 0 Å². The van der Waals surface area contributed by atoms with Gasteiger partial charge in [0.05, 0.1) is 18.5 Å². The zero-order valence-corrected chi connectivity index (χ0v) is 18.7. The molecule has 0 saturated heterocycles. The smallest absolute Gasteiger partial charge is 0.244 e. The summed E-state index contributed by atoms with van der Waals surface area (Å²) >= 11 is 6.07. The Bertz CT molecular complexity index is 946. The van der Waals surface area contributed by atoms with Gasteiger partial charge in [-0.05, 0) is 50.1 Å². The van der Waals surface area contributed by atoms with Crippen LogP contribution >= 0.6 is 11.6 Å². The molecule has 0 saturated carbocycles. The van der Waals surface area contributed by atoms with E-state index in [1.54, 1.807) is 31.2 Å². The summed E-state index contributed by atoms with van der Waals surface area (Å²) in [4.78, 5) is 12.7. The van der Waals surface area contributed by atoms with E-state index in [-0.39, 0.29) is 19.1 Å². The lowest BCUT2D eigenvalue weighted by molar-refractivity contribution is -0.122. The summed E-state index contributed by atoms with van der Waals surface area (Å²) in [5, 5.41) is 3.37. The van der Waals surface area contributed by atoms with E-state index in [0.29, 0.717) is 22.9 Å². The molecule has 29 heavy (non-hydrogen) atoms. The maximum absolute atomic E-state index is 12.7. The molecule has 2 rings (SSSR count). The standard InChI is InChI=1S/C21H27ClN2O4S/c1-5-20(24(29(4,26)27)17-9-6-15(2)7-10-17)21(25)23-12-13-28-18-11-8-16(3)19(22)14-18/h6-11,14,20H,5,12-13H2,1-4H3,(H,23,25)/t20-/m0/s1. The monoisotopic (exact) mass is 438 g/mol. The molecule has 0 aliphatic heterocycles. The lowest BCUT2D eigenvalue weighted by atomic mass is 10.1. The van der Waals surface area contributed by atoms with Gasteiger partial charge in [0.15, 0.2) is 0 Å². The molecule has 0 bridgehead atoms. The highest BCUT2D eigenvalue weighted by molar-refractivity contribution is 7.92. The van der Waals surface area contributed by atoms with Gasteiger partial charge >= 0.3 is 0 Å². The van der Waals surface area contributed by atoms with E-state index in [4.69, 9.17) is 16.3 Å². The molecule has 0 radical (unpaired) electrons. The van der Waals surface area contributed by atoms with E-state index in [0.717, 1.165) is 17.4 Å². The van der Waals surface area contributed by atoms with Crippen molar-refractivity contribution in [1.82, 2.24) is 5.32 Å². The van der Waals surface area contributed by atoms with Crippen molar-refractivity contribution in [3.05, 3.63) is 58.6 Å². The van der Waals surface area contributed by atoms with Gasteiger partial charge in [0, 0.05) is 5.02 Å². The van der Waals surface area contributed by atoms with Crippen LogP contribution in [0.4, 0.5) is 5.69 Å². The number of nitrogens with one attached hydrogen (secondary N) is 1. The Kier molecular flexibility index (Phi) is 7.93. The second-order valence-corrected chi connectivity index (χ2v) is 9.14. The van der Waals surface area contributed by atoms with Crippen molar-refractivity contribution >= 4 is 33.2 Å². The van der Waals surface area contributed by atoms with Crippen LogP contribution in [-0.4, -0.2) is 39.8 Å². The number of benzene rings is 2.